The molecule has 0 amide bonds. The van der Waals surface area contributed by atoms with Gasteiger partial charge in [-0.3, -0.25) is 0 Å². The molecule has 1 heterocycles. The van der Waals surface area contributed by atoms with Crippen molar-refractivity contribution in [1.82, 2.24) is 9.97 Å². The topological polar surface area (TPSA) is 76.0 Å². The van der Waals surface area contributed by atoms with Crippen LogP contribution in [0.25, 0.3) is 0 Å². The summed E-state index contributed by atoms with van der Waals surface area (Å²) in [5.74, 6) is 0.912. The molecule has 1 aromatic heterocycles. The van der Waals surface area contributed by atoms with Gasteiger partial charge in [0.05, 0.1) is 18.5 Å². The summed E-state index contributed by atoms with van der Waals surface area (Å²) in [7, 11) is 1.50. The number of nitrogens with one attached hydrogen (secondary N) is 2. The van der Waals surface area contributed by atoms with Crippen LogP contribution in [0.3, 0.4) is 0 Å². The number of benzene rings is 1. The molecular weight excluding hydrogens is 235 g/mol. The molecule has 0 spiro atoms. The number of ether oxygens (including phenoxy) is 1. The van der Waals surface area contributed by atoms with Gasteiger partial charge in [-0.05, 0) is 0 Å². The van der Waals surface area contributed by atoms with E-state index in [1.54, 1.807) is 18.5 Å². The van der Waals surface area contributed by atoms with Crippen molar-refractivity contribution in [1.29, 1.82) is 0 Å². The summed E-state index contributed by atoms with van der Waals surface area (Å²) in [5.41, 5.74) is 6.25. The zero-order valence-electron chi connectivity index (χ0n) is 10.0. The summed E-state index contributed by atoms with van der Waals surface area (Å²) < 4.78 is 18.7. The van der Waals surface area contributed by atoms with E-state index in [2.05, 4.69) is 15.3 Å². The molecule has 5 nitrogen and oxygen atoms in total. The van der Waals surface area contributed by atoms with E-state index in [1.165, 1.54) is 13.2 Å². The molecule has 18 heavy (non-hydrogen) atoms. The van der Waals surface area contributed by atoms with Crippen LogP contribution in [0.4, 0.5) is 15.8 Å². The highest BCUT2D eigenvalue weighted by atomic mass is 19.1. The first kappa shape index (κ1) is 12.2. The monoisotopic (exact) mass is 250 g/mol. The first-order chi connectivity index (χ1) is 8.70. The Labute approximate surface area is 104 Å². The number of aromatic amines is 1. The zero-order valence-corrected chi connectivity index (χ0v) is 10.0. The minimum atomic E-state index is -0.396. The van der Waals surface area contributed by atoms with Crippen LogP contribution in [0.1, 0.15) is 5.82 Å². The molecule has 0 radical (unpaired) electrons. The molecule has 0 bridgehead atoms. The number of H-pyrrole nitrogens is 1. The lowest BCUT2D eigenvalue weighted by atomic mass is 10.2. The number of aromatic nitrogens is 2. The van der Waals surface area contributed by atoms with Gasteiger partial charge in [0, 0.05) is 37.5 Å². The summed E-state index contributed by atoms with van der Waals surface area (Å²) in [6.07, 6.45) is 4.11. The molecule has 0 aliphatic heterocycles. The molecule has 0 atom stereocenters. The number of methoxy groups -OCH3 is 1. The fourth-order valence-electron chi connectivity index (χ4n) is 1.63. The molecule has 0 unspecified atom stereocenters. The van der Waals surface area contributed by atoms with Gasteiger partial charge in [0.2, 0.25) is 0 Å². The van der Waals surface area contributed by atoms with Crippen LogP contribution in [0, 0.1) is 5.82 Å². The molecule has 0 saturated heterocycles. The van der Waals surface area contributed by atoms with Crippen LogP contribution in [-0.4, -0.2) is 23.6 Å². The van der Waals surface area contributed by atoms with E-state index in [0.29, 0.717) is 24.4 Å². The molecule has 2 rings (SSSR count). The first-order valence-electron chi connectivity index (χ1n) is 5.56. The average molecular weight is 250 g/mol. The third-order valence-corrected chi connectivity index (χ3v) is 2.55. The van der Waals surface area contributed by atoms with E-state index in [1.807, 2.05) is 0 Å². The summed E-state index contributed by atoms with van der Waals surface area (Å²) in [6, 6.07) is 2.79. The van der Waals surface area contributed by atoms with Gasteiger partial charge in [-0.1, -0.05) is 0 Å². The van der Waals surface area contributed by atoms with Crippen LogP contribution in [0.15, 0.2) is 24.5 Å². The number of nitrogens with two attached hydrogens (primary N) is 1. The molecule has 2 aromatic rings. The summed E-state index contributed by atoms with van der Waals surface area (Å²) in [5, 5.41) is 2.98. The van der Waals surface area contributed by atoms with Crippen LogP contribution >= 0.6 is 0 Å². The van der Waals surface area contributed by atoms with Gasteiger partial charge in [0.1, 0.15) is 17.4 Å². The maximum atomic E-state index is 13.6. The minimum absolute atomic E-state index is 0.284. The maximum absolute atomic E-state index is 13.6. The van der Waals surface area contributed by atoms with Crippen LogP contribution in [0.2, 0.25) is 0 Å². The number of nitrogens with zero attached hydrogens (tertiary/aromatic N) is 1. The first-order valence-corrected chi connectivity index (χ1v) is 5.56. The molecule has 96 valence electrons. The fourth-order valence-corrected chi connectivity index (χ4v) is 1.63. The van der Waals surface area contributed by atoms with Crippen molar-refractivity contribution < 1.29 is 9.13 Å². The number of halogens is 1. The number of anilines is 2. The Balaban J connectivity index is 2.00. The second-order valence-electron chi connectivity index (χ2n) is 3.79. The molecule has 0 aliphatic carbocycles. The van der Waals surface area contributed by atoms with Crippen LogP contribution in [0.5, 0.6) is 5.75 Å². The van der Waals surface area contributed by atoms with Gasteiger partial charge in [0.15, 0.2) is 0 Å². The highest BCUT2D eigenvalue weighted by molar-refractivity contribution is 5.62. The Morgan fingerprint density at radius 3 is 3.00 bits per heavy atom. The predicted molar refractivity (Wildman–Crippen MR) is 68.1 cm³/mol. The standard InChI is InChI=1S/C12H15FN4O/c1-18-11-7-10(8(13)6-9(11)14)15-3-2-12-16-4-5-17-12/h4-7,15H,2-3,14H2,1H3,(H,16,17). The maximum Gasteiger partial charge on any atom is 0.148 e. The summed E-state index contributed by atoms with van der Waals surface area (Å²) in [6.45, 7) is 0.567. The molecule has 0 aliphatic rings. The molecule has 1 aromatic carbocycles. The van der Waals surface area contributed by atoms with E-state index in [0.717, 1.165) is 5.82 Å². The number of hydrogen-bond acceptors (Lipinski definition) is 4. The van der Waals surface area contributed by atoms with Crippen molar-refractivity contribution in [2.75, 3.05) is 24.7 Å². The lowest BCUT2D eigenvalue weighted by molar-refractivity contribution is 0.416. The van der Waals surface area contributed by atoms with Gasteiger partial charge in [-0.2, -0.15) is 0 Å². The van der Waals surface area contributed by atoms with Crippen LogP contribution < -0.4 is 15.8 Å². The Kier molecular flexibility index (Phi) is 3.66. The lowest BCUT2D eigenvalue weighted by Gasteiger charge is -2.10. The van der Waals surface area contributed by atoms with E-state index in [4.69, 9.17) is 10.5 Å². The van der Waals surface area contributed by atoms with E-state index in [-0.39, 0.29) is 5.69 Å². The van der Waals surface area contributed by atoms with Gasteiger partial charge >= 0.3 is 0 Å². The Hall–Kier alpha value is -2.24. The van der Waals surface area contributed by atoms with Gasteiger partial charge in [-0.15, -0.1) is 0 Å². The number of imidazole rings is 1. The average Bonchev–Trinajstić information content (AvgIpc) is 2.85. The zero-order chi connectivity index (χ0) is 13.0. The smallest absolute Gasteiger partial charge is 0.148 e. The lowest BCUT2D eigenvalue weighted by Crippen LogP contribution is -2.08. The van der Waals surface area contributed by atoms with Gasteiger partial charge in [0.25, 0.3) is 0 Å². The SMILES string of the molecule is COc1cc(NCCc2ncc[nH]2)c(F)cc1N. The second-order valence-corrected chi connectivity index (χ2v) is 3.79. The van der Waals surface area contributed by atoms with Crippen molar-refractivity contribution >= 4 is 11.4 Å². The van der Waals surface area contributed by atoms with Gasteiger partial charge in [-0.25, -0.2) is 9.37 Å². The predicted octanol–water partition coefficient (Wildman–Crippen LogP) is 1.79. The Morgan fingerprint density at radius 1 is 1.50 bits per heavy atom. The molecule has 6 heteroatoms. The highest BCUT2D eigenvalue weighted by Gasteiger charge is 2.08. The summed E-state index contributed by atoms with van der Waals surface area (Å²) in [4.78, 5) is 7.06. The number of nitrogen functional groups attached to an aromatic ring is 1. The molecular formula is C12H15FN4O. The van der Waals surface area contributed by atoms with Crippen LogP contribution in [-0.2, 0) is 6.42 Å². The van der Waals surface area contributed by atoms with E-state index >= 15 is 0 Å². The second kappa shape index (κ2) is 5.39. The van der Waals surface area contributed by atoms with Crippen molar-refractivity contribution in [3.05, 3.63) is 36.2 Å². The van der Waals surface area contributed by atoms with Crippen molar-refractivity contribution in [2.45, 2.75) is 6.42 Å². The van der Waals surface area contributed by atoms with Gasteiger partial charge < -0.3 is 20.8 Å². The molecule has 4 N–H and O–H groups in total. The molecule has 0 fully saturated rings. The van der Waals surface area contributed by atoms with E-state index < -0.39 is 5.82 Å². The number of rotatable bonds is 5. The summed E-state index contributed by atoms with van der Waals surface area (Å²) >= 11 is 0. The third kappa shape index (κ3) is 2.71. The normalized spacial score (nSPS) is 10.3. The Bertz CT molecular complexity index is 513. The van der Waals surface area contributed by atoms with E-state index in [9.17, 15) is 4.39 Å². The highest BCUT2D eigenvalue weighted by Crippen LogP contribution is 2.28. The quantitative estimate of drug-likeness (QED) is 0.707. The van der Waals surface area contributed by atoms with Crippen molar-refractivity contribution in [3.8, 4) is 5.75 Å². The Morgan fingerprint density at radius 2 is 2.33 bits per heavy atom. The van der Waals surface area contributed by atoms with Crippen molar-refractivity contribution in [2.24, 2.45) is 0 Å². The minimum Gasteiger partial charge on any atom is -0.495 e. The van der Waals surface area contributed by atoms with Crippen molar-refractivity contribution in [3.63, 3.8) is 0 Å². The largest absolute Gasteiger partial charge is 0.495 e. The number of hydrogen-bond donors (Lipinski definition) is 3. The fraction of sp³-hybridized carbons (Fsp3) is 0.250. The molecule has 0 saturated carbocycles. The third-order valence-electron chi connectivity index (χ3n) is 2.55.